The van der Waals surface area contributed by atoms with E-state index in [1.54, 1.807) is 0 Å². The Kier molecular flexibility index (Phi) is 6.20. The van der Waals surface area contributed by atoms with Gasteiger partial charge in [0.25, 0.3) is 0 Å². The van der Waals surface area contributed by atoms with Crippen LogP contribution in [0.2, 0.25) is 0 Å². The number of aliphatic hydroxyl groups is 1. The summed E-state index contributed by atoms with van der Waals surface area (Å²) < 4.78 is 0. The maximum Gasteiger partial charge on any atom is 0.0431 e. The molecule has 0 spiro atoms. The van der Waals surface area contributed by atoms with Gasteiger partial charge in [-0.15, -0.1) is 0 Å². The van der Waals surface area contributed by atoms with Gasteiger partial charge in [0.1, 0.15) is 0 Å². The topological polar surface area (TPSA) is 32.3 Å². The molecule has 14 heavy (non-hydrogen) atoms. The lowest BCUT2D eigenvalue weighted by Crippen LogP contribution is -2.19. The third kappa shape index (κ3) is 4.97. The summed E-state index contributed by atoms with van der Waals surface area (Å²) >= 11 is 0. The summed E-state index contributed by atoms with van der Waals surface area (Å²) in [7, 11) is 0. The molecule has 1 saturated carbocycles. The largest absolute Gasteiger partial charge is 0.396 e. The highest BCUT2D eigenvalue weighted by Gasteiger charge is 2.34. The smallest absolute Gasteiger partial charge is 0.0431 e. The Labute approximate surface area is 88.1 Å². The molecule has 0 amide bonds. The van der Waals surface area contributed by atoms with Gasteiger partial charge in [-0.1, -0.05) is 26.2 Å². The minimum absolute atomic E-state index is 0.356. The molecule has 1 fully saturated rings. The van der Waals surface area contributed by atoms with Gasteiger partial charge in [-0.05, 0) is 38.1 Å². The van der Waals surface area contributed by atoms with Crippen molar-refractivity contribution in [2.75, 3.05) is 13.2 Å². The number of hydrogen-bond donors (Lipinski definition) is 2. The van der Waals surface area contributed by atoms with E-state index in [0.29, 0.717) is 6.61 Å². The molecule has 0 bridgehead atoms. The summed E-state index contributed by atoms with van der Waals surface area (Å²) in [5.74, 6) is 0.984. The fourth-order valence-electron chi connectivity index (χ4n) is 2.07. The summed E-state index contributed by atoms with van der Waals surface area (Å²) in [4.78, 5) is 0. The van der Waals surface area contributed by atoms with Crippen LogP contribution >= 0.6 is 0 Å². The lowest BCUT2D eigenvalue weighted by molar-refractivity contribution is 0.282. The Bertz CT molecular complexity index is 138. The van der Waals surface area contributed by atoms with Crippen molar-refractivity contribution in [1.82, 2.24) is 5.32 Å². The Morgan fingerprint density at radius 3 is 2.71 bits per heavy atom. The van der Waals surface area contributed by atoms with Crippen LogP contribution < -0.4 is 5.32 Å². The first-order valence-electron chi connectivity index (χ1n) is 6.22. The highest BCUT2D eigenvalue weighted by Crippen LogP contribution is 2.34. The number of rotatable bonds is 9. The second-order valence-electron chi connectivity index (χ2n) is 4.48. The van der Waals surface area contributed by atoms with Gasteiger partial charge >= 0.3 is 0 Å². The number of nitrogens with one attached hydrogen (secondary N) is 1. The first-order valence-corrected chi connectivity index (χ1v) is 6.22. The quantitative estimate of drug-likeness (QED) is 0.559. The van der Waals surface area contributed by atoms with Gasteiger partial charge in [0.15, 0.2) is 0 Å². The summed E-state index contributed by atoms with van der Waals surface area (Å²) in [6, 6.07) is 0.841. The fourth-order valence-corrected chi connectivity index (χ4v) is 2.07. The molecule has 2 nitrogen and oxygen atoms in total. The van der Waals surface area contributed by atoms with Crippen molar-refractivity contribution in [3.05, 3.63) is 0 Å². The molecule has 2 atom stereocenters. The zero-order chi connectivity index (χ0) is 10.2. The van der Waals surface area contributed by atoms with E-state index in [0.717, 1.165) is 18.4 Å². The molecule has 2 unspecified atom stereocenters. The molecular formula is C12H25NO. The van der Waals surface area contributed by atoms with Crippen molar-refractivity contribution in [2.24, 2.45) is 5.92 Å². The minimum Gasteiger partial charge on any atom is -0.396 e. The number of aliphatic hydroxyl groups excluding tert-OH is 1. The lowest BCUT2D eigenvalue weighted by Gasteiger charge is -2.03. The first-order chi connectivity index (χ1) is 6.88. The predicted molar refractivity (Wildman–Crippen MR) is 60.4 cm³/mol. The zero-order valence-corrected chi connectivity index (χ0v) is 9.47. The van der Waals surface area contributed by atoms with E-state index in [9.17, 15) is 0 Å². The SMILES string of the molecule is CCCC1CC1NCCCCCCO. The van der Waals surface area contributed by atoms with Crippen molar-refractivity contribution < 1.29 is 5.11 Å². The second-order valence-corrected chi connectivity index (χ2v) is 4.48. The van der Waals surface area contributed by atoms with Crippen LogP contribution in [-0.2, 0) is 0 Å². The maximum absolute atomic E-state index is 8.60. The van der Waals surface area contributed by atoms with Crippen molar-refractivity contribution in [3.8, 4) is 0 Å². The molecular weight excluding hydrogens is 174 g/mol. The Morgan fingerprint density at radius 2 is 2.00 bits per heavy atom. The van der Waals surface area contributed by atoms with Crippen LogP contribution in [0.15, 0.2) is 0 Å². The van der Waals surface area contributed by atoms with E-state index < -0.39 is 0 Å². The van der Waals surface area contributed by atoms with E-state index in [1.165, 1.54) is 45.1 Å². The third-order valence-corrected chi connectivity index (χ3v) is 3.07. The molecule has 2 N–H and O–H groups in total. The molecule has 0 aromatic carbocycles. The molecule has 2 heteroatoms. The molecule has 0 aromatic heterocycles. The van der Waals surface area contributed by atoms with Crippen LogP contribution in [0.3, 0.4) is 0 Å². The van der Waals surface area contributed by atoms with E-state index >= 15 is 0 Å². The molecule has 0 radical (unpaired) electrons. The van der Waals surface area contributed by atoms with E-state index in [2.05, 4.69) is 12.2 Å². The van der Waals surface area contributed by atoms with Gasteiger partial charge in [-0.25, -0.2) is 0 Å². The molecule has 1 aliphatic carbocycles. The summed E-state index contributed by atoms with van der Waals surface area (Å²) in [5, 5.41) is 12.2. The Balaban J connectivity index is 1.77. The molecule has 0 aromatic rings. The fraction of sp³-hybridized carbons (Fsp3) is 1.00. The molecule has 1 rings (SSSR count). The van der Waals surface area contributed by atoms with Gasteiger partial charge in [-0.3, -0.25) is 0 Å². The van der Waals surface area contributed by atoms with Gasteiger partial charge < -0.3 is 10.4 Å². The zero-order valence-electron chi connectivity index (χ0n) is 9.47. The van der Waals surface area contributed by atoms with Crippen LogP contribution in [-0.4, -0.2) is 24.3 Å². The molecule has 84 valence electrons. The molecule has 0 saturated heterocycles. The van der Waals surface area contributed by atoms with Gasteiger partial charge in [-0.2, -0.15) is 0 Å². The summed E-state index contributed by atoms with van der Waals surface area (Å²) in [6.07, 6.45) is 8.84. The van der Waals surface area contributed by atoms with Gasteiger partial charge in [0.2, 0.25) is 0 Å². The van der Waals surface area contributed by atoms with Gasteiger partial charge in [0.05, 0.1) is 0 Å². The number of hydrogen-bond acceptors (Lipinski definition) is 2. The highest BCUT2D eigenvalue weighted by molar-refractivity contribution is 4.92. The third-order valence-electron chi connectivity index (χ3n) is 3.07. The van der Waals surface area contributed by atoms with Crippen LogP contribution in [0.1, 0.15) is 51.9 Å². The van der Waals surface area contributed by atoms with Crippen molar-refractivity contribution in [1.29, 1.82) is 0 Å². The highest BCUT2D eigenvalue weighted by atomic mass is 16.2. The second kappa shape index (κ2) is 7.24. The summed E-state index contributed by atoms with van der Waals surface area (Å²) in [6.45, 7) is 3.80. The lowest BCUT2D eigenvalue weighted by atomic mass is 10.2. The van der Waals surface area contributed by atoms with Crippen LogP contribution in [0.5, 0.6) is 0 Å². The van der Waals surface area contributed by atoms with Crippen LogP contribution in [0.25, 0.3) is 0 Å². The minimum atomic E-state index is 0.356. The first kappa shape index (κ1) is 12.0. The molecule has 1 aliphatic rings. The Morgan fingerprint density at radius 1 is 1.21 bits per heavy atom. The van der Waals surface area contributed by atoms with Crippen LogP contribution in [0, 0.1) is 5.92 Å². The molecule has 0 aliphatic heterocycles. The van der Waals surface area contributed by atoms with Crippen molar-refractivity contribution in [2.45, 2.75) is 57.9 Å². The molecule has 0 heterocycles. The summed E-state index contributed by atoms with van der Waals surface area (Å²) in [5.41, 5.74) is 0. The van der Waals surface area contributed by atoms with Gasteiger partial charge in [0, 0.05) is 12.6 Å². The Hall–Kier alpha value is -0.0800. The van der Waals surface area contributed by atoms with E-state index in [1.807, 2.05) is 0 Å². The standard InChI is InChI=1S/C12H25NO/c1-2-7-11-10-12(11)13-8-5-3-4-6-9-14/h11-14H,2-10H2,1H3. The van der Waals surface area contributed by atoms with Crippen molar-refractivity contribution in [3.63, 3.8) is 0 Å². The van der Waals surface area contributed by atoms with Crippen LogP contribution in [0.4, 0.5) is 0 Å². The normalized spacial score (nSPS) is 25.3. The van der Waals surface area contributed by atoms with E-state index in [-0.39, 0.29) is 0 Å². The van der Waals surface area contributed by atoms with Crippen molar-refractivity contribution >= 4 is 0 Å². The predicted octanol–water partition coefficient (Wildman–Crippen LogP) is 2.32. The monoisotopic (exact) mass is 199 g/mol. The average Bonchev–Trinajstić information content (AvgIpc) is 2.91. The number of unbranched alkanes of at least 4 members (excludes halogenated alkanes) is 3. The maximum atomic E-state index is 8.60. The van der Waals surface area contributed by atoms with E-state index in [4.69, 9.17) is 5.11 Å². The average molecular weight is 199 g/mol.